The van der Waals surface area contributed by atoms with Crippen LogP contribution in [-0.2, 0) is 0 Å². The molecule has 1 rings (SSSR count). The Morgan fingerprint density at radius 3 is 2.47 bits per heavy atom. The molecule has 0 atom stereocenters. The standard InChI is InChI=1S/C14H26N4O/c1-5-12(6-2)18(8-7-15)13-9-16-10-14(17-13)19-11(3)4/h9-12H,5-8,15H2,1-4H3. The molecule has 0 aliphatic carbocycles. The monoisotopic (exact) mass is 266 g/mol. The Bertz CT molecular complexity index is 366. The van der Waals surface area contributed by atoms with E-state index in [2.05, 4.69) is 28.7 Å². The Hall–Kier alpha value is -1.36. The van der Waals surface area contributed by atoms with Crippen LogP contribution in [0, 0.1) is 0 Å². The van der Waals surface area contributed by atoms with Gasteiger partial charge in [0.15, 0.2) is 5.82 Å². The smallest absolute Gasteiger partial charge is 0.234 e. The van der Waals surface area contributed by atoms with Gasteiger partial charge in [0.1, 0.15) is 0 Å². The van der Waals surface area contributed by atoms with E-state index in [1.807, 2.05) is 13.8 Å². The van der Waals surface area contributed by atoms with E-state index in [0.717, 1.165) is 25.2 Å². The number of anilines is 1. The summed E-state index contributed by atoms with van der Waals surface area (Å²) in [5.41, 5.74) is 5.71. The van der Waals surface area contributed by atoms with E-state index in [4.69, 9.17) is 10.5 Å². The number of rotatable bonds is 8. The molecule has 0 aliphatic rings. The number of nitrogens with two attached hydrogens (primary N) is 1. The van der Waals surface area contributed by atoms with Gasteiger partial charge in [0.2, 0.25) is 5.88 Å². The molecule has 0 saturated carbocycles. The summed E-state index contributed by atoms with van der Waals surface area (Å²) in [7, 11) is 0. The van der Waals surface area contributed by atoms with Crippen molar-refractivity contribution < 1.29 is 4.74 Å². The van der Waals surface area contributed by atoms with Gasteiger partial charge >= 0.3 is 0 Å². The van der Waals surface area contributed by atoms with Crippen LogP contribution in [0.15, 0.2) is 12.4 Å². The van der Waals surface area contributed by atoms with Crippen molar-refractivity contribution in [3.63, 3.8) is 0 Å². The second-order valence-corrected chi connectivity index (χ2v) is 4.83. The molecule has 0 aromatic carbocycles. The number of ether oxygens (including phenoxy) is 1. The first kappa shape index (κ1) is 15.7. The zero-order valence-electron chi connectivity index (χ0n) is 12.5. The fourth-order valence-corrected chi connectivity index (χ4v) is 2.13. The molecule has 108 valence electrons. The van der Waals surface area contributed by atoms with E-state index in [1.54, 1.807) is 12.4 Å². The Kier molecular flexibility index (Phi) is 6.56. The third-order valence-corrected chi connectivity index (χ3v) is 3.00. The highest BCUT2D eigenvalue weighted by molar-refractivity contribution is 5.39. The van der Waals surface area contributed by atoms with Gasteiger partial charge in [0, 0.05) is 19.1 Å². The molecule has 0 saturated heterocycles. The van der Waals surface area contributed by atoms with Gasteiger partial charge in [0.25, 0.3) is 0 Å². The highest BCUT2D eigenvalue weighted by Crippen LogP contribution is 2.19. The fourth-order valence-electron chi connectivity index (χ4n) is 2.13. The van der Waals surface area contributed by atoms with Crippen LogP contribution < -0.4 is 15.4 Å². The molecule has 5 heteroatoms. The predicted molar refractivity (Wildman–Crippen MR) is 78.6 cm³/mol. The summed E-state index contributed by atoms with van der Waals surface area (Å²) in [5, 5.41) is 0. The van der Waals surface area contributed by atoms with E-state index >= 15 is 0 Å². The van der Waals surface area contributed by atoms with Gasteiger partial charge in [-0.25, -0.2) is 0 Å². The van der Waals surface area contributed by atoms with Crippen LogP contribution in [0.3, 0.4) is 0 Å². The van der Waals surface area contributed by atoms with Gasteiger partial charge in [-0.05, 0) is 26.7 Å². The van der Waals surface area contributed by atoms with E-state index in [9.17, 15) is 0 Å². The summed E-state index contributed by atoms with van der Waals surface area (Å²) >= 11 is 0. The molecule has 0 spiro atoms. The summed E-state index contributed by atoms with van der Waals surface area (Å²) in [4.78, 5) is 11.0. The van der Waals surface area contributed by atoms with Crippen LogP contribution in [0.4, 0.5) is 5.82 Å². The molecule has 19 heavy (non-hydrogen) atoms. The average molecular weight is 266 g/mol. The lowest BCUT2D eigenvalue weighted by Gasteiger charge is -2.31. The van der Waals surface area contributed by atoms with Gasteiger partial charge in [-0.3, -0.25) is 4.98 Å². The summed E-state index contributed by atoms with van der Waals surface area (Å²) in [5.74, 6) is 1.41. The first-order valence-corrected chi connectivity index (χ1v) is 7.07. The van der Waals surface area contributed by atoms with Crippen molar-refractivity contribution in [3.05, 3.63) is 12.4 Å². The molecule has 1 heterocycles. The zero-order chi connectivity index (χ0) is 14.3. The third-order valence-electron chi connectivity index (χ3n) is 3.00. The SMILES string of the molecule is CCC(CC)N(CCN)c1cncc(OC(C)C)n1. The van der Waals surface area contributed by atoms with Gasteiger partial charge in [-0.2, -0.15) is 4.98 Å². The summed E-state index contributed by atoms with van der Waals surface area (Å²) in [6, 6.07) is 0.437. The predicted octanol–water partition coefficient (Wildman–Crippen LogP) is 2.22. The first-order valence-electron chi connectivity index (χ1n) is 7.07. The van der Waals surface area contributed by atoms with Crippen LogP contribution in [0.5, 0.6) is 5.88 Å². The average Bonchev–Trinajstić information content (AvgIpc) is 2.38. The highest BCUT2D eigenvalue weighted by Gasteiger charge is 2.17. The van der Waals surface area contributed by atoms with Crippen LogP contribution >= 0.6 is 0 Å². The molecule has 0 bridgehead atoms. The van der Waals surface area contributed by atoms with Crippen LogP contribution in [0.2, 0.25) is 0 Å². The third kappa shape index (κ3) is 4.67. The van der Waals surface area contributed by atoms with E-state index in [0.29, 0.717) is 18.5 Å². The van der Waals surface area contributed by atoms with Gasteiger partial charge in [0.05, 0.1) is 18.5 Å². The van der Waals surface area contributed by atoms with Crippen molar-refractivity contribution in [1.29, 1.82) is 0 Å². The number of aromatic nitrogens is 2. The van der Waals surface area contributed by atoms with Crippen molar-refractivity contribution in [2.75, 3.05) is 18.0 Å². The van der Waals surface area contributed by atoms with Crippen molar-refractivity contribution >= 4 is 5.82 Å². The number of hydrogen-bond donors (Lipinski definition) is 1. The fraction of sp³-hybridized carbons (Fsp3) is 0.714. The second kappa shape index (κ2) is 7.94. The largest absolute Gasteiger partial charge is 0.474 e. The molecule has 0 aliphatic heterocycles. The molecule has 0 radical (unpaired) electrons. The molecule has 1 aromatic rings. The maximum absolute atomic E-state index is 5.71. The lowest BCUT2D eigenvalue weighted by Crippen LogP contribution is -2.39. The minimum atomic E-state index is 0.0978. The maximum Gasteiger partial charge on any atom is 0.234 e. The van der Waals surface area contributed by atoms with Gasteiger partial charge < -0.3 is 15.4 Å². The molecule has 5 nitrogen and oxygen atoms in total. The van der Waals surface area contributed by atoms with Crippen molar-refractivity contribution in [1.82, 2.24) is 9.97 Å². The summed E-state index contributed by atoms with van der Waals surface area (Å²) in [6.45, 7) is 9.71. The molecule has 2 N–H and O–H groups in total. The van der Waals surface area contributed by atoms with Crippen LogP contribution in [0.25, 0.3) is 0 Å². The molecule has 0 amide bonds. The van der Waals surface area contributed by atoms with E-state index < -0.39 is 0 Å². The van der Waals surface area contributed by atoms with Crippen LogP contribution in [0.1, 0.15) is 40.5 Å². The Labute approximate surface area is 116 Å². The Morgan fingerprint density at radius 2 is 1.95 bits per heavy atom. The minimum absolute atomic E-state index is 0.0978. The highest BCUT2D eigenvalue weighted by atomic mass is 16.5. The maximum atomic E-state index is 5.71. The zero-order valence-corrected chi connectivity index (χ0v) is 12.5. The van der Waals surface area contributed by atoms with Gasteiger partial charge in [-0.15, -0.1) is 0 Å². The normalized spacial score (nSPS) is 11.1. The summed E-state index contributed by atoms with van der Waals surface area (Å²) < 4.78 is 5.60. The number of hydrogen-bond acceptors (Lipinski definition) is 5. The van der Waals surface area contributed by atoms with Crippen LogP contribution in [-0.4, -0.2) is 35.2 Å². The first-order chi connectivity index (χ1) is 9.12. The van der Waals surface area contributed by atoms with Gasteiger partial charge in [-0.1, -0.05) is 13.8 Å². The van der Waals surface area contributed by atoms with Crippen molar-refractivity contribution in [2.45, 2.75) is 52.7 Å². The van der Waals surface area contributed by atoms with E-state index in [-0.39, 0.29) is 6.10 Å². The molecular weight excluding hydrogens is 240 g/mol. The Balaban J connectivity index is 2.94. The molecule has 1 aromatic heterocycles. The second-order valence-electron chi connectivity index (χ2n) is 4.83. The Morgan fingerprint density at radius 1 is 1.26 bits per heavy atom. The number of nitrogens with zero attached hydrogens (tertiary/aromatic N) is 3. The molecular formula is C14H26N4O. The summed E-state index contributed by atoms with van der Waals surface area (Å²) in [6.07, 6.45) is 5.65. The lowest BCUT2D eigenvalue weighted by molar-refractivity contribution is 0.231. The quantitative estimate of drug-likeness (QED) is 0.781. The lowest BCUT2D eigenvalue weighted by atomic mass is 10.1. The molecule has 0 unspecified atom stereocenters. The topological polar surface area (TPSA) is 64.3 Å². The van der Waals surface area contributed by atoms with Crippen molar-refractivity contribution in [2.24, 2.45) is 5.73 Å². The van der Waals surface area contributed by atoms with E-state index in [1.165, 1.54) is 0 Å². The molecule has 0 fully saturated rings. The minimum Gasteiger partial charge on any atom is -0.474 e. The van der Waals surface area contributed by atoms with Crippen molar-refractivity contribution in [3.8, 4) is 5.88 Å².